The van der Waals surface area contributed by atoms with Crippen molar-refractivity contribution < 1.29 is 13.9 Å². The molecule has 1 N–H and O–H groups in total. The summed E-state index contributed by atoms with van der Waals surface area (Å²) in [7, 11) is 3.45. The van der Waals surface area contributed by atoms with Crippen LogP contribution in [0.5, 0.6) is 5.75 Å². The molecule has 21 heavy (non-hydrogen) atoms. The molecule has 118 valence electrons. The zero-order chi connectivity index (χ0) is 15.7. The van der Waals surface area contributed by atoms with Gasteiger partial charge in [-0.15, -0.1) is 0 Å². The number of carbonyl (C=O) groups excluding carboxylic acids is 1. The molecule has 0 saturated carbocycles. The number of ether oxygens (including phenoxy) is 1. The van der Waals surface area contributed by atoms with Gasteiger partial charge in [0.05, 0.1) is 13.2 Å². The maximum Gasteiger partial charge on any atom is 0.236 e. The Hall–Kier alpha value is -1.62. The summed E-state index contributed by atoms with van der Waals surface area (Å²) in [5.74, 6) is 0.0219. The number of hydrogen-bond acceptors (Lipinski definition) is 3. The standard InChI is InChI=1S/C16H25FN2O2/c1-4-5-10-21-15-11-13(6-7-14(15)17)8-9-18-12-16(20)19(2)3/h6-7,11,18H,4-5,8-10,12H2,1-3H3. The van der Waals surface area contributed by atoms with Crippen LogP contribution < -0.4 is 10.1 Å². The Morgan fingerprint density at radius 1 is 1.38 bits per heavy atom. The lowest BCUT2D eigenvalue weighted by Gasteiger charge is -2.11. The SMILES string of the molecule is CCCCOc1cc(CCNCC(=O)N(C)C)ccc1F. The van der Waals surface area contributed by atoms with Crippen LogP contribution in [0.3, 0.4) is 0 Å². The Balaban J connectivity index is 2.41. The van der Waals surface area contributed by atoms with E-state index >= 15 is 0 Å². The number of amides is 1. The summed E-state index contributed by atoms with van der Waals surface area (Å²) in [4.78, 5) is 12.9. The number of benzene rings is 1. The monoisotopic (exact) mass is 296 g/mol. The van der Waals surface area contributed by atoms with Gasteiger partial charge in [0.25, 0.3) is 0 Å². The van der Waals surface area contributed by atoms with E-state index < -0.39 is 0 Å². The van der Waals surface area contributed by atoms with Crippen molar-refractivity contribution in [1.82, 2.24) is 10.2 Å². The third kappa shape index (κ3) is 6.58. The number of nitrogens with one attached hydrogen (secondary N) is 1. The predicted octanol–water partition coefficient (Wildman–Crippen LogP) is 2.22. The maximum absolute atomic E-state index is 13.6. The fraction of sp³-hybridized carbons (Fsp3) is 0.562. The lowest BCUT2D eigenvalue weighted by Crippen LogP contribution is -2.33. The van der Waals surface area contributed by atoms with Crippen molar-refractivity contribution in [3.8, 4) is 5.75 Å². The smallest absolute Gasteiger partial charge is 0.236 e. The molecule has 0 heterocycles. The van der Waals surface area contributed by atoms with Crippen molar-refractivity contribution in [2.75, 3.05) is 33.8 Å². The highest BCUT2D eigenvalue weighted by molar-refractivity contribution is 5.77. The van der Waals surface area contributed by atoms with Crippen LogP contribution in [0.15, 0.2) is 18.2 Å². The lowest BCUT2D eigenvalue weighted by molar-refractivity contribution is -0.127. The number of halogens is 1. The van der Waals surface area contributed by atoms with Gasteiger partial charge in [-0.3, -0.25) is 4.79 Å². The number of nitrogens with zero attached hydrogens (tertiary/aromatic N) is 1. The number of carbonyl (C=O) groups is 1. The summed E-state index contributed by atoms with van der Waals surface area (Å²) in [5, 5.41) is 3.08. The molecule has 0 aliphatic rings. The first kappa shape index (κ1) is 17.4. The number of likely N-dealkylation sites (N-methyl/N-ethyl adjacent to an activating group) is 1. The highest BCUT2D eigenvalue weighted by atomic mass is 19.1. The summed E-state index contributed by atoms with van der Waals surface area (Å²) >= 11 is 0. The van der Waals surface area contributed by atoms with Crippen LogP contribution in [0.25, 0.3) is 0 Å². The first-order valence-electron chi connectivity index (χ1n) is 7.36. The Morgan fingerprint density at radius 2 is 2.14 bits per heavy atom. The molecule has 5 heteroatoms. The molecule has 0 aromatic heterocycles. The average molecular weight is 296 g/mol. The molecule has 0 atom stereocenters. The van der Waals surface area contributed by atoms with Crippen LogP contribution in [-0.4, -0.2) is 44.6 Å². The Morgan fingerprint density at radius 3 is 2.81 bits per heavy atom. The molecular formula is C16H25FN2O2. The van der Waals surface area contributed by atoms with Crippen LogP contribution in [-0.2, 0) is 11.2 Å². The largest absolute Gasteiger partial charge is 0.491 e. The van der Waals surface area contributed by atoms with E-state index in [0.717, 1.165) is 24.8 Å². The van der Waals surface area contributed by atoms with Gasteiger partial charge in [-0.2, -0.15) is 0 Å². The van der Waals surface area contributed by atoms with Gasteiger partial charge in [0.1, 0.15) is 0 Å². The molecule has 0 fully saturated rings. The van der Waals surface area contributed by atoms with Crippen LogP contribution in [0, 0.1) is 5.82 Å². The minimum atomic E-state index is -0.328. The molecule has 4 nitrogen and oxygen atoms in total. The molecule has 0 spiro atoms. The molecule has 0 aliphatic heterocycles. The van der Waals surface area contributed by atoms with E-state index in [2.05, 4.69) is 12.2 Å². The van der Waals surface area contributed by atoms with Gasteiger partial charge < -0.3 is 15.0 Å². The quantitative estimate of drug-likeness (QED) is 0.711. The molecule has 1 rings (SSSR count). The van der Waals surface area contributed by atoms with E-state index in [1.807, 2.05) is 0 Å². The fourth-order valence-corrected chi connectivity index (χ4v) is 1.73. The topological polar surface area (TPSA) is 41.6 Å². The lowest BCUT2D eigenvalue weighted by atomic mass is 10.1. The number of rotatable bonds is 9. The third-order valence-corrected chi connectivity index (χ3v) is 3.12. The van der Waals surface area contributed by atoms with E-state index in [4.69, 9.17) is 4.74 Å². The zero-order valence-corrected chi connectivity index (χ0v) is 13.1. The second-order valence-electron chi connectivity index (χ2n) is 5.18. The molecule has 0 aliphatic carbocycles. The van der Waals surface area contributed by atoms with Crippen molar-refractivity contribution >= 4 is 5.91 Å². The van der Waals surface area contributed by atoms with E-state index in [9.17, 15) is 9.18 Å². The molecular weight excluding hydrogens is 271 g/mol. The van der Waals surface area contributed by atoms with Crippen LogP contribution in [0.1, 0.15) is 25.3 Å². The van der Waals surface area contributed by atoms with Gasteiger partial charge in [0.15, 0.2) is 11.6 Å². The molecule has 0 unspecified atom stereocenters. The summed E-state index contributed by atoms with van der Waals surface area (Å²) in [5.41, 5.74) is 0.993. The minimum absolute atomic E-state index is 0.0395. The Labute approximate surface area is 126 Å². The first-order valence-corrected chi connectivity index (χ1v) is 7.36. The molecule has 0 bridgehead atoms. The molecule has 0 saturated heterocycles. The molecule has 1 aromatic carbocycles. The molecule has 1 aromatic rings. The van der Waals surface area contributed by atoms with Crippen molar-refractivity contribution in [2.24, 2.45) is 0 Å². The highest BCUT2D eigenvalue weighted by Crippen LogP contribution is 2.19. The van der Waals surface area contributed by atoms with E-state index in [1.54, 1.807) is 31.1 Å². The van der Waals surface area contributed by atoms with Gasteiger partial charge in [-0.05, 0) is 37.1 Å². The van der Waals surface area contributed by atoms with Crippen LogP contribution in [0.4, 0.5) is 4.39 Å². The van der Waals surface area contributed by atoms with Gasteiger partial charge in [0, 0.05) is 14.1 Å². The Kier molecular flexibility index (Phi) is 7.75. The maximum atomic E-state index is 13.6. The summed E-state index contributed by atoms with van der Waals surface area (Å²) in [6.45, 7) is 3.58. The second kappa shape index (κ2) is 9.34. The first-order chi connectivity index (χ1) is 10.0. The molecule has 0 radical (unpaired) electrons. The summed E-state index contributed by atoms with van der Waals surface area (Å²) in [6.07, 6.45) is 2.66. The van der Waals surface area contributed by atoms with Crippen LogP contribution >= 0.6 is 0 Å². The average Bonchev–Trinajstić information content (AvgIpc) is 2.46. The van der Waals surface area contributed by atoms with E-state index in [-0.39, 0.29) is 11.7 Å². The van der Waals surface area contributed by atoms with Gasteiger partial charge >= 0.3 is 0 Å². The fourth-order valence-electron chi connectivity index (χ4n) is 1.73. The predicted molar refractivity (Wildman–Crippen MR) is 82.1 cm³/mol. The van der Waals surface area contributed by atoms with Crippen molar-refractivity contribution in [2.45, 2.75) is 26.2 Å². The summed E-state index contributed by atoms with van der Waals surface area (Å²) < 4.78 is 19.0. The number of hydrogen-bond donors (Lipinski definition) is 1. The Bertz CT molecular complexity index is 450. The van der Waals surface area contributed by atoms with Gasteiger partial charge in [-0.25, -0.2) is 4.39 Å². The van der Waals surface area contributed by atoms with Crippen molar-refractivity contribution in [1.29, 1.82) is 0 Å². The second-order valence-corrected chi connectivity index (χ2v) is 5.18. The third-order valence-electron chi connectivity index (χ3n) is 3.12. The van der Waals surface area contributed by atoms with Crippen LogP contribution in [0.2, 0.25) is 0 Å². The van der Waals surface area contributed by atoms with Gasteiger partial charge in [0.2, 0.25) is 5.91 Å². The normalized spacial score (nSPS) is 10.5. The minimum Gasteiger partial charge on any atom is -0.491 e. The van der Waals surface area contributed by atoms with Crippen molar-refractivity contribution in [3.63, 3.8) is 0 Å². The van der Waals surface area contributed by atoms with E-state index in [1.165, 1.54) is 6.07 Å². The van der Waals surface area contributed by atoms with Gasteiger partial charge in [-0.1, -0.05) is 19.4 Å². The molecule has 1 amide bonds. The summed E-state index contributed by atoms with van der Waals surface area (Å²) in [6, 6.07) is 4.92. The number of unbranched alkanes of at least 4 members (excludes halogenated alkanes) is 1. The highest BCUT2D eigenvalue weighted by Gasteiger charge is 2.06. The van der Waals surface area contributed by atoms with Crippen molar-refractivity contribution in [3.05, 3.63) is 29.6 Å². The van der Waals surface area contributed by atoms with E-state index in [0.29, 0.717) is 25.4 Å². The zero-order valence-electron chi connectivity index (χ0n) is 13.1.